The predicted molar refractivity (Wildman–Crippen MR) is 96.2 cm³/mol. The Bertz CT molecular complexity index is 656. The van der Waals surface area contributed by atoms with Gasteiger partial charge < -0.3 is 9.32 Å². The molecule has 0 N–H and O–H groups in total. The van der Waals surface area contributed by atoms with Crippen molar-refractivity contribution in [2.45, 2.75) is 38.3 Å². The molecule has 0 bridgehead atoms. The predicted octanol–water partition coefficient (Wildman–Crippen LogP) is 3.86. The summed E-state index contributed by atoms with van der Waals surface area (Å²) in [6.07, 6.45) is 3.29. The number of oxazole rings is 1. The maximum atomic E-state index is 12.4. The molecule has 3 rings (SSSR count). The van der Waals surface area contributed by atoms with Crippen molar-refractivity contribution in [3.05, 3.63) is 47.3 Å². The lowest BCUT2D eigenvalue weighted by Crippen LogP contribution is -2.39. The molecule has 1 fully saturated rings. The van der Waals surface area contributed by atoms with Gasteiger partial charge in [0.1, 0.15) is 5.76 Å². The Morgan fingerprint density at radius 1 is 1.25 bits per heavy atom. The Labute approximate surface area is 147 Å². The number of benzene rings is 1. The number of aromatic nitrogens is 1. The number of thioether (sulfide) groups is 1. The molecule has 0 aliphatic carbocycles. The van der Waals surface area contributed by atoms with Gasteiger partial charge in [0.2, 0.25) is 5.91 Å². The summed E-state index contributed by atoms with van der Waals surface area (Å²) in [7, 11) is 0. The second-order valence-corrected chi connectivity index (χ2v) is 7.35. The Hall–Kier alpha value is -1.75. The lowest BCUT2D eigenvalue weighted by molar-refractivity contribution is -0.129. The highest BCUT2D eigenvalue weighted by Crippen LogP contribution is 2.24. The molecule has 1 aromatic carbocycles. The third-order valence-corrected chi connectivity index (χ3v) is 5.48. The van der Waals surface area contributed by atoms with Gasteiger partial charge in [-0.2, -0.15) is 0 Å². The summed E-state index contributed by atoms with van der Waals surface area (Å²) in [5.74, 6) is 2.10. The lowest BCUT2D eigenvalue weighted by atomic mass is 9.90. The molecular weight excluding hydrogens is 320 g/mol. The van der Waals surface area contributed by atoms with E-state index in [9.17, 15) is 4.79 Å². The minimum atomic E-state index is 0.187. The third-order valence-electron chi connectivity index (χ3n) is 4.66. The molecule has 0 saturated carbocycles. The van der Waals surface area contributed by atoms with Crippen LogP contribution in [0.15, 0.2) is 40.0 Å². The average Bonchev–Trinajstić information content (AvgIpc) is 2.92. The van der Waals surface area contributed by atoms with Crippen molar-refractivity contribution in [2.75, 3.05) is 18.8 Å². The van der Waals surface area contributed by atoms with Crippen LogP contribution in [0.3, 0.4) is 0 Å². The summed E-state index contributed by atoms with van der Waals surface area (Å²) in [5, 5.41) is 0.595. The van der Waals surface area contributed by atoms with Gasteiger partial charge in [0, 0.05) is 13.1 Å². The molecule has 0 atom stereocenters. The summed E-state index contributed by atoms with van der Waals surface area (Å²) in [6.45, 7) is 5.54. The van der Waals surface area contributed by atoms with Crippen LogP contribution in [-0.2, 0) is 11.2 Å². The van der Waals surface area contributed by atoms with Crippen LogP contribution in [0.2, 0.25) is 0 Å². The van der Waals surface area contributed by atoms with Crippen LogP contribution < -0.4 is 0 Å². The molecule has 1 aliphatic rings. The molecule has 0 spiro atoms. The average molecular weight is 344 g/mol. The normalized spacial score (nSPS) is 15.7. The lowest BCUT2D eigenvalue weighted by Gasteiger charge is -2.32. The van der Waals surface area contributed by atoms with Crippen LogP contribution >= 0.6 is 11.8 Å². The quantitative estimate of drug-likeness (QED) is 0.773. The first-order chi connectivity index (χ1) is 11.6. The van der Waals surface area contributed by atoms with Crippen molar-refractivity contribution >= 4 is 17.7 Å². The molecule has 2 aromatic rings. The number of hydrogen-bond acceptors (Lipinski definition) is 4. The van der Waals surface area contributed by atoms with Crippen molar-refractivity contribution < 1.29 is 9.21 Å². The zero-order valence-corrected chi connectivity index (χ0v) is 15.1. The zero-order chi connectivity index (χ0) is 16.9. The minimum absolute atomic E-state index is 0.187. The number of nitrogens with zero attached hydrogens (tertiary/aromatic N) is 2. The van der Waals surface area contributed by atoms with Gasteiger partial charge in [-0.15, -0.1) is 0 Å². The smallest absolute Gasteiger partial charge is 0.256 e. The summed E-state index contributed by atoms with van der Waals surface area (Å²) in [4.78, 5) is 18.7. The maximum absolute atomic E-state index is 12.4. The van der Waals surface area contributed by atoms with Gasteiger partial charge in [-0.05, 0) is 44.6 Å². The van der Waals surface area contributed by atoms with Crippen molar-refractivity contribution in [3.63, 3.8) is 0 Å². The summed E-state index contributed by atoms with van der Waals surface area (Å²) >= 11 is 1.39. The molecule has 1 aromatic heterocycles. The summed E-state index contributed by atoms with van der Waals surface area (Å²) < 4.78 is 5.52. The van der Waals surface area contributed by atoms with E-state index in [4.69, 9.17) is 4.42 Å². The molecule has 24 heavy (non-hydrogen) atoms. The first-order valence-electron chi connectivity index (χ1n) is 8.50. The Kier molecular flexibility index (Phi) is 5.61. The van der Waals surface area contributed by atoms with Gasteiger partial charge in [0.05, 0.1) is 11.4 Å². The van der Waals surface area contributed by atoms with Gasteiger partial charge in [-0.25, -0.2) is 4.98 Å². The van der Waals surface area contributed by atoms with E-state index >= 15 is 0 Å². The SMILES string of the molecule is Cc1nc(SCC(=O)N2CCC(Cc3ccccc3)CC2)oc1C. The number of piperidine rings is 1. The van der Waals surface area contributed by atoms with Crippen LogP contribution in [0.5, 0.6) is 0 Å². The van der Waals surface area contributed by atoms with E-state index in [-0.39, 0.29) is 5.91 Å². The summed E-state index contributed by atoms with van der Waals surface area (Å²) in [5.41, 5.74) is 2.29. The van der Waals surface area contributed by atoms with Gasteiger partial charge in [-0.1, -0.05) is 42.1 Å². The molecule has 1 aliphatic heterocycles. The minimum Gasteiger partial charge on any atom is -0.437 e. The van der Waals surface area contributed by atoms with Crippen LogP contribution in [0.1, 0.15) is 29.9 Å². The molecular formula is C19H24N2O2S. The Morgan fingerprint density at radius 3 is 2.58 bits per heavy atom. The van der Waals surface area contributed by atoms with E-state index in [2.05, 4.69) is 35.3 Å². The number of carbonyl (C=O) groups excluding carboxylic acids is 1. The fourth-order valence-electron chi connectivity index (χ4n) is 3.05. The molecule has 0 unspecified atom stereocenters. The third kappa shape index (κ3) is 4.41. The molecule has 5 heteroatoms. The number of rotatable bonds is 5. The highest BCUT2D eigenvalue weighted by molar-refractivity contribution is 7.99. The molecule has 1 amide bonds. The standard InChI is InChI=1S/C19H24N2O2S/c1-14-15(2)23-19(20-14)24-13-18(22)21-10-8-17(9-11-21)12-16-6-4-3-5-7-16/h3-7,17H,8-13H2,1-2H3. The fourth-order valence-corrected chi connectivity index (χ4v) is 3.87. The number of aryl methyl sites for hydroxylation is 2. The van der Waals surface area contributed by atoms with Crippen molar-refractivity contribution in [2.24, 2.45) is 5.92 Å². The van der Waals surface area contributed by atoms with Gasteiger partial charge in [-0.3, -0.25) is 4.79 Å². The van der Waals surface area contributed by atoms with E-state index in [1.165, 1.54) is 17.3 Å². The number of hydrogen-bond donors (Lipinski definition) is 0. The van der Waals surface area contributed by atoms with Gasteiger partial charge in [0.25, 0.3) is 5.22 Å². The van der Waals surface area contributed by atoms with Crippen LogP contribution in [0.25, 0.3) is 0 Å². The highest BCUT2D eigenvalue weighted by Gasteiger charge is 2.23. The monoisotopic (exact) mass is 344 g/mol. The Morgan fingerprint density at radius 2 is 1.96 bits per heavy atom. The van der Waals surface area contributed by atoms with Gasteiger partial charge >= 0.3 is 0 Å². The molecule has 0 radical (unpaired) electrons. The first kappa shape index (κ1) is 17.1. The van der Waals surface area contributed by atoms with E-state index in [0.29, 0.717) is 16.9 Å². The van der Waals surface area contributed by atoms with E-state index in [1.807, 2.05) is 18.7 Å². The van der Waals surface area contributed by atoms with Crippen LogP contribution in [0, 0.1) is 19.8 Å². The van der Waals surface area contributed by atoms with Crippen molar-refractivity contribution in [1.82, 2.24) is 9.88 Å². The molecule has 4 nitrogen and oxygen atoms in total. The van der Waals surface area contributed by atoms with E-state index in [1.54, 1.807) is 0 Å². The number of carbonyl (C=O) groups is 1. The van der Waals surface area contributed by atoms with E-state index in [0.717, 1.165) is 43.8 Å². The topological polar surface area (TPSA) is 46.3 Å². The molecule has 2 heterocycles. The second-order valence-electron chi connectivity index (χ2n) is 6.42. The Balaban J connectivity index is 1.43. The number of likely N-dealkylation sites (tertiary alicyclic amines) is 1. The number of amides is 1. The van der Waals surface area contributed by atoms with Crippen LogP contribution in [0.4, 0.5) is 0 Å². The van der Waals surface area contributed by atoms with Gasteiger partial charge in [0.15, 0.2) is 0 Å². The second kappa shape index (κ2) is 7.88. The largest absolute Gasteiger partial charge is 0.437 e. The summed E-state index contributed by atoms with van der Waals surface area (Å²) in [6, 6.07) is 10.6. The fraction of sp³-hybridized carbons (Fsp3) is 0.474. The first-order valence-corrected chi connectivity index (χ1v) is 9.49. The maximum Gasteiger partial charge on any atom is 0.256 e. The van der Waals surface area contributed by atoms with Crippen molar-refractivity contribution in [3.8, 4) is 0 Å². The van der Waals surface area contributed by atoms with Crippen molar-refractivity contribution in [1.29, 1.82) is 0 Å². The van der Waals surface area contributed by atoms with E-state index < -0.39 is 0 Å². The highest BCUT2D eigenvalue weighted by atomic mass is 32.2. The molecule has 1 saturated heterocycles. The van der Waals surface area contributed by atoms with Crippen LogP contribution in [-0.4, -0.2) is 34.6 Å². The zero-order valence-electron chi connectivity index (χ0n) is 14.3. The molecule has 128 valence electrons.